The van der Waals surface area contributed by atoms with Crippen molar-refractivity contribution in [3.05, 3.63) is 53.3 Å². The second-order valence-electron chi connectivity index (χ2n) is 6.52. The number of hydrogen-bond acceptors (Lipinski definition) is 4. The van der Waals surface area contributed by atoms with Crippen molar-refractivity contribution in [2.45, 2.75) is 6.42 Å². The molecule has 130 valence electrons. The predicted octanol–water partition coefficient (Wildman–Crippen LogP) is 2.45. The number of halogens is 1. The molecule has 0 radical (unpaired) electrons. The number of amides is 1. The van der Waals surface area contributed by atoms with Crippen LogP contribution >= 0.6 is 11.6 Å². The summed E-state index contributed by atoms with van der Waals surface area (Å²) in [5, 5.41) is 0.516. The summed E-state index contributed by atoms with van der Waals surface area (Å²) in [7, 11) is 0. The zero-order chi connectivity index (χ0) is 17.2. The van der Waals surface area contributed by atoms with Crippen LogP contribution in [0.25, 0.3) is 0 Å². The van der Waals surface area contributed by atoms with Crippen molar-refractivity contribution in [2.75, 3.05) is 49.1 Å². The van der Waals surface area contributed by atoms with E-state index in [9.17, 15) is 4.79 Å². The van der Waals surface area contributed by atoms with Crippen molar-refractivity contribution < 1.29 is 4.79 Å². The van der Waals surface area contributed by atoms with Crippen molar-refractivity contribution in [2.24, 2.45) is 0 Å². The van der Waals surface area contributed by atoms with Crippen LogP contribution in [0.3, 0.4) is 0 Å². The molecular weight excluding hydrogens is 336 g/mol. The Labute approximate surface area is 152 Å². The summed E-state index contributed by atoms with van der Waals surface area (Å²) in [6.07, 6.45) is 2.69. The molecule has 0 spiro atoms. The van der Waals surface area contributed by atoms with E-state index in [2.05, 4.69) is 20.9 Å². The number of rotatable bonds is 3. The number of anilines is 2. The van der Waals surface area contributed by atoms with Crippen LogP contribution in [0, 0.1) is 0 Å². The summed E-state index contributed by atoms with van der Waals surface area (Å²) in [5.74, 6) is 0.199. The molecule has 0 atom stereocenters. The fourth-order valence-electron chi connectivity index (χ4n) is 3.63. The number of nitrogens with zero attached hydrogens (tertiary/aromatic N) is 4. The fourth-order valence-corrected chi connectivity index (χ4v) is 3.80. The van der Waals surface area contributed by atoms with E-state index in [4.69, 9.17) is 11.6 Å². The molecule has 5 nitrogen and oxygen atoms in total. The van der Waals surface area contributed by atoms with Crippen molar-refractivity contribution in [3.63, 3.8) is 0 Å². The number of carbonyl (C=O) groups excluding carboxylic acids is 1. The van der Waals surface area contributed by atoms with E-state index in [1.807, 2.05) is 35.2 Å². The molecule has 25 heavy (non-hydrogen) atoms. The average molecular weight is 357 g/mol. The lowest BCUT2D eigenvalue weighted by Crippen LogP contribution is -2.50. The zero-order valence-corrected chi connectivity index (χ0v) is 14.8. The topological polar surface area (TPSA) is 39.7 Å². The van der Waals surface area contributed by atoms with Crippen LogP contribution in [0.1, 0.15) is 5.56 Å². The molecule has 3 heterocycles. The lowest BCUT2D eigenvalue weighted by Gasteiger charge is -2.36. The van der Waals surface area contributed by atoms with E-state index in [-0.39, 0.29) is 5.91 Å². The van der Waals surface area contributed by atoms with Gasteiger partial charge in [0.15, 0.2) is 0 Å². The minimum atomic E-state index is 0.199. The third-order valence-electron chi connectivity index (χ3n) is 4.99. The molecule has 1 amide bonds. The molecule has 1 fully saturated rings. The van der Waals surface area contributed by atoms with Crippen LogP contribution in [0.15, 0.2) is 42.6 Å². The Morgan fingerprint density at radius 1 is 1.08 bits per heavy atom. The molecule has 1 aromatic carbocycles. The first-order valence-corrected chi connectivity index (χ1v) is 9.05. The van der Waals surface area contributed by atoms with Crippen LogP contribution in [0.2, 0.25) is 5.15 Å². The number of carbonyl (C=O) groups is 1. The molecule has 1 aromatic heterocycles. The van der Waals surface area contributed by atoms with E-state index in [1.165, 1.54) is 5.56 Å². The van der Waals surface area contributed by atoms with Crippen molar-refractivity contribution in [1.82, 2.24) is 9.88 Å². The van der Waals surface area contributed by atoms with Crippen LogP contribution in [-0.4, -0.2) is 55.1 Å². The highest BCUT2D eigenvalue weighted by atomic mass is 35.5. The highest BCUT2D eigenvalue weighted by molar-refractivity contribution is 6.29. The van der Waals surface area contributed by atoms with Gasteiger partial charge < -0.3 is 9.80 Å². The molecular formula is C19H21ClN4O. The quantitative estimate of drug-likeness (QED) is 0.792. The van der Waals surface area contributed by atoms with Gasteiger partial charge in [-0.15, -0.1) is 0 Å². The largest absolute Gasteiger partial charge is 0.369 e. The summed E-state index contributed by atoms with van der Waals surface area (Å²) in [4.78, 5) is 23.2. The summed E-state index contributed by atoms with van der Waals surface area (Å²) in [6.45, 7) is 4.82. The maximum absolute atomic E-state index is 12.7. The third kappa shape index (κ3) is 3.48. The third-order valence-corrected chi connectivity index (χ3v) is 5.20. The van der Waals surface area contributed by atoms with E-state index >= 15 is 0 Å². The number of aromatic nitrogens is 1. The first-order valence-electron chi connectivity index (χ1n) is 8.68. The highest BCUT2D eigenvalue weighted by Crippen LogP contribution is 2.27. The maximum Gasteiger partial charge on any atom is 0.241 e. The van der Waals surface area contributed by atoms with Gasteiger partial charge in [-0.05, 0) is 30.2 Å². The van der Waals surface area contributed by atoms with Gasteiger partial charge >= 0.3 is 0 Å². The summed E-state index contributed by atoms with van der Waals surface area (Å²) < 4.78 is 0. The minimum absolute atomic E-state index is 0.199. The Bertz CT molecular complexity index is 774. The molecule has 0 aliphatic carbocycles. The van der Waals surface area contributed by atoms with Crippen molar-refractivity contribution in [3.8, 4) is 0 Å². The molecule has 6 heteroatoms. The lowest BCUT2D eigenvalue weighted by molar-refractivity contribution is -0.119. The number of pyridine rings is 1. The second-order valence-corrected chi connectivity index (χ2v) is 6.91. The van der Waals surface area contributed by atoms with Gasteiger partial charge in [0.05, 0.1) is 6.54 Å². The Hall–Kier alpha value is -2.11. The summed E-state index contributed by atoms with van der Waals surface area (Å²) >= 11 is 5.98. The molecule has 4 rings (SSSR count). The van der Waals surface area contributed by atoms with E-state index in [0.717, 1.165) is 50.5 Å². The van der Waals surface area contributed by atoms with Crippen LogP contribution in [0.4, 0.5) is 11.4 Å². The van der Waals surface area contributed by atoms with Crippen LogP contribution in [0.5, 0.6) is 0 Å². The van der Waals surface area contributed by atoms with Gasteiger partial charge in [-0.1, -0.05) is 29.8 Å². The number of benzene rings is 1. The summed E-state index contributed by atoms with van der Waals surface area (Å²) in [6, 6.07) is 12.1. The number of para-hydroxylation sites is 1. The molecule has 0 saturated carbocycles. The Morgan fingerprint density at radius 3 is 2.68 bits per heavy atom. The Kier molecular flexibility index (Phi) is 4.59. The standard InChI is InChI=1S/C19H21ClN4O/c20-18-13-16(5-7-21-18)23-11-9-22(10-12-23)14-19(25)24-8-6-15-3-1-2-4-17(15)24/h1-5,7,13H,6,8-12,14H2. The molecule has 0 bridgehead atoms. The van der Waals surface area contributed by atoms with Crippen LogP contribution in [-0.2, 0) is 11.2 Å². The highest BCUT2D eigenvalue weighted by Gasteiger charge is 2.27. The van der Waals surface area contributed by atoms with Gasteiger partial charge in [-0.25, -0.2) is 4.98 Å². The normalized spacial score (nSPS) is 17.6. The fraction of sp³-hybridized carbons (Fsp3) is 0.368. The first kappa shape index (κ1) is 16.4. The van der Waals surface area contributed by atoms with E-state index < -0.39 is 0 Å². The number of hydrogen-bond donors (Lipinski definition) is 0. The predicted molar refractivity (Wildman–Crippen MR) is 100 cm³/mol. The molecule has 0 N–H and O–H groups in total. The minimum Gasteiger partial charge on any atom is -0.369 e. The molecule has 2 aliphatic heterocycles. The molecule has 0 unspecified atom stereocenters. The van der Waals surface area contributed by atoms with E-state index in [0.29, 0.717) is 11.7 Å². The average Bonchev–Trinajstić information content (AvgIpc) is 3.06. The Balaban J connectivity index is 1.34. The SMILES string of the molecule is O=C(CN1CCN(c2ccnc(Cl)c2)CC1)N1CCc2ccccc21. The van der Waals surface area contributed by atoms with Crippen molar-refractivity contribution >= 4 is 28.9 Å². The molecule has 2 aromatic rings. The van der Waals surface area contributed by atoms with Gasteiger partial charge in [-0.3, -0.25) is 9.69 Å². The van der Waals surface area contributed by atoms with Crippen molar-refractivity contribution in [1.29, 1.82) is 0 Å². The van der Waals surface area contributed by atoms with Crippen LogP contribution < -0.4 is 9.80 Å². The van der Waals surface area contributed by atoms with Gasteiger partial charge in [0.25, 0.3) is 0 Å². The Morgan fingerprint density at radius 2 is 1.88 bits per heavy atom. The smallest absolute Gasteiger partial charge is 0.241 e. The number of piperazine rings is 1. The van der Waals surface area contributed by atoms with Gasteiger partial charge in [-0.2, -0.15) is 0 Å². The van der Waals surface area contributed by atoms with Gasteiger partial charge in [0.1, 0.15) is 5.15 Å². The second kappa shape index (κ2) is 7.02. The maximum atomic E-state index is 12.7. The first-order chi connectivity index (χ1) is 12.2. The van der Waals surface area contributed by atoms with Gasteiger partial charge in [0, 0.05) is 50.3 Å². The number of fused-ring (bicyclic) bond motifs is 1. The monoisotopic (exact) mass is 356 g/mol. The zero-order valence-electron chi connectivity index (χ0n) is 14.1. The lowest BCUT2D eigenvalue weighted by atomic mass is 10.2. The molecule has 1 saturated heterocycles. The summed E-state index contributed by atoms with van der Waals surface area (Å²) in [5.41, 5.74) is 3.45. The van der Waals surface area contributed by atoms with Gasteiger partial charge in [0.2, 0.25) is 5.91 Å². The van der Waals surface area contributed by atoms with E-state index in [1.54, 1.807) is 6.20 Å². The molecule has 2 aliphatic rings.